The molecule has 7 rings (SSSR count). The SMILES string of the molecule is CN1CCCC1c1cc(Cl)ccc1-c1cc2cnc(Nc3ccc(C4CCCCO4)cc3)nc2n(Cc2ccccc2C(F)(F)F)c1=O. The number of nitrogens with zero attached hydrogens (tertiary/aromatic N) is 4. The summed E-state index contributed by atoms with van der Waals surface area (Å²) in [6, 6.07) is 20.4. The Bertz CT molecular complexity index is 2010. The van der Waals surface area contributed by atoms with Crippen LogP contribution in [0.25, 0.3) is 22.2 Å². The van der Waals surface area contributed by atoms with Crippen LogP contribution in [0.1, 0.15) is 66.5 Å². The van der Waals surface area contributed by atoms with E-state index in [0.717, 1.165) is 68.1 Å². The molecule has 2 atom stereocenters. The molecule has 1 N–H and O–H groups in total. The molecular formula is C37H35ClF3N5O2. The van der Waals surface area contributed by atoms with Crippen molar-refractivity contribution in [2.75, 3.05) is 25.5 Å². The molecular weight excluding hydrogens is 639 g/mol. The smallest absolute Gasteiger partial charge is 0.374 e. The fourth-order valence-corrected chi connectivity index (χ4v) is 7.12. The number of fused-ring (bicyclic) bond motifs is 1. The van der Waals surface area contributed by atoms with Gasteiger partial charge in [-0.15, -0.1) is 0 Å². The Hall–Kier alpha value is -4.25. The summed E-state index contributed by atoms with van der Waals surface area (Å²) in [4.78, 5) is 25.9. The van der Waals surface area contributed by atoms with Gasteiger partial charge in [-0.25, -0.2) is 4.98 Å². The lowest BCUT2D eigenvalue weighted by molar-refractivity contribution is -0.138. The zero-order chi connectivity index (χ0) is 33.4. The molecule has 2 aromatic heterocycles. The van der Waals surface area contributed by atoms with Crippen molar-refractivity contribution in [1.29, 1.82) is 0 Å². The van der Waals surface area contributed by atoms with Gasteiger partial charge in [0.05, 0.1) is 18.2 Å². The minimum Gasteiger partial charge on any atom is -0.374 e. The summed E-state index contributed by atoms with van der Waals surface area (Å²) in [5.74, 6) is 0.217. The maximum Gasteiger partial charge on any atom is 0.416 e. The van der Waals surface area contributed by atoms with Crippen LogP contribution in [0.2, 0.25) is 5.02 Å². The number of benzene rings is 3. The van der Waals surface area contributed by atoms with Crippen LogP contribution in [0.5, 0.6) is 0 Å². The molecule has 248 valence electrons. The minimum absolute atomic E-state index is 0.0361. The Morgan fingerprint density at radius 2 is 1.79 bits per heavy atom. The average molecular weight is 674 g/mol. The third-order valence-corrected chi connectivity index (χ3v) is 9.61. The summed E-state index contributed by atoms with van der Waals surface area (Å²) in [5.41, 5.74) is 2.70. The van der Waals surface area contributed by atoms with Gasteiger partial charge < -0.3 is 10.1 Å². The van der Waals surface area contributed by atoms with Gasteiger partial charge in [0, 0.05) is 40.5 Å². The van der Waals surface area contributed by atoms with Gasteiger partial charge in [-0.05, 0) is 104 Å². The number of anilines is 2. The molecule has 2 aliphatic rings. The number of aromatic nitrogens is 3. The zero-order valence-corrected chi connectivity index (χ0v) is 27.2. The summed E-state index contributed by atoms with van der Waals surface area (Å²) in [6.45, 7) is 1.33. The van der Waals surface area contributed by atoms with Crippen molar-refractivity contribution in [2.45, 2.75) is 57.0 Å². The van der Waals surface area contributed by atoms with Crippen LogP contribution < -0.4 is 10.9 Å². The zero-order valence-electron chi connectivity index (χ0n) is 26.4. The van der Waals surface area contributed by atoms with Crippen molar-refractivity contribution in [2.24, 2.45) is 0 Å². The molecule has 3 aromatic carbocycles. The Kier molecular flexibility index (Phi) is 8.98. The molecule has 48 heavy (non-hydrogen) atoms. The van der Waals surface area contributed by atoms with Crippen molar-refractivity contribution < 1.29 is 17.9 Å². The van der Waals surface area contributed by atoms with E-state index in [2.05, 4.69) is 15.2 Å². The van der Waals surface area contributed by atoms with Crippen molar-refractivity contribution in [3.8, 4) is 11.1 Å². The van der Waals surface area contributed by atoms with Crippen LogP contribution in [0.3, 0.4) is 0 Å². The number of ether oxygens (including phenoxy) is 1. The van der Waals surface area contributed by atoms with E-state index in [1.807, 2.05) is 43.4 Å². The Morgan fingerprint density at radius 1 is 0.979 bits per heavy atom. The first-order valence-corrected chi connectivity index (χ1v) is 16.6. The number of rotatable bonds is 7. The van der Waals surface area contributed by atoms with Crippen LogP contribution in [-0.2, 0) is 17.5 Å². The topological polar surface area (TPSA) is 72.3 Å². The molecule has 5 aromatic rings. The van der Waals surface area contributed by atoms with Gasteiger partial charge in [-0.2, -0.15) is 18.2 Å². The first-order chi connectivity index (χ1) is 23.2. The molecule has 4 heterocycles. The predicted molar refractivity (Wildman–Crippen MR) is 182 cm³/mol. The van der Waals surface area contributed by atoms with E-state index in [-0.39, 0.29) is 35.8 Å². The van der Waals surface area contributed by atoms with Crippen LogP contribution in [-0.4, -0.2) is 39.6 Å². The van der Waals surface area contributed by atoms with Gasteiger partial charge in [0.2, 0.25) is 5.95 Å². The van der Waals surface area contributed by atoms with Crippen molar-refractivity contribution in [3.63, 3.8) is 0 Å². The standard InChI is InChI=1S/C37H35ClF3N5O2/c1-45-17-6-9-32(45)29-20-26(38)13-16-28(29)30-19-25-21-42-36(43-27-14-11-23(12-15-27)33-10-4-5-18-48-33)44-34(25)46(35(30)47)22-24-7-2-3-8-31(24)37(39,40)41/h2-3,7-8,11-16,19-21,32-33H,4-6,9-10,17-18,22H2,1H3,(H,42,43,44). The maximum atomic E-state index is 14.5. The molecule has 0 aliphatic carbocycles. The molecule has 0 bridgehead atoms. The molecule has 0 spiro atoms. The van der Waals surface area contributed by atoms with Gasteiger partial charge in [-0.1, -0.05) is 48.0 Å². The number of likely N-dealkylation sites (tertiary alicyclic amines) is 1. The lowest BCUT2D eigenvalue weighted by atomic mass is 9.93. The van der Waals surface area contributed by atoms with Gasteiger partial charge in [0.1, 0.15) is 5.65 Å². The fraction of sp³-hybridized carbons (Fsp3) is 0.324. The summed E-state index contributed by atoms with van der Waals surface area (Å²) in [7, 11) is 2.04. The first kappa shape index (κ1) is 32.3. The number of halogens is 4. The molecule has 0 saturated carbocycles. The van der Waals surface area contributed by atoms with Crippen LogP contribution in [0.15, 0.2) is 83.8 Å². The summed E-state index contributed by atoms with van der Waals surface area (Å²) < 4.78 is 49.6. The second-order valence-corrected chi connectivity index (χ2v) is 13.0. The average Bonchev–Trinajstić information content (AvgIpc) is 3.52. The van der Waals surface area contributed by atoms with Gasteiger partial charge in [0.15, 0.2) is 0 Å². The molecule has 2 saturated heterocycles. The van der Waals surface area contributed by atoms with E-state index in [0.29, 0.717) is 21.5 Å². The summed E-state index contributed by atoms with van der Waals surface area (Å²) >= 11 is 6.45. The van der Waals surface area contributed by atoms with Gasteiger partial charge >= 0.3 is 6.18 Å². The second kappa shape index (κ2) is 13.3. The Labute approximate surface area is 281 Å². The fourth-order valence-electron chi connectivity index (χ4n) is 6.94. The van der Waals surface area contributed by atoms with Gasteiger partial charge in [0.25, 0.3) is 5.56 Å². The highest BCUT2D eigenvalue weighted by Crippen LogP contribution is 2.39. The van der Waals surface area contributed by atoms with E-state index in [1.54, 1.807) is 24.4 Å². The number of nitrogens with one attached hydrogen (secondary N) is 1. The summed E-state index contributed by atoms with van der Waals surface area (Å²) in [6.07, 6.45) is 2.16. The van der Waals surface area contributed by atoms with Crippen molar-refractivity contribution in [1.82, 2.24) is 19.4 Å². The van der Waals surface area contributed by atoms with Crippen LogP contribution in [0, 0.1) is 0 Å². The third kappa shape index (κ3) is 6.57. The maximum absolute atomic E-state index is 14.5. The third-order valence-electron chi connectivity index (χ3n) is 9.38. The second-order valence-electron chi connectivity index (χ2n) is 12.5. The number of hydrogen-bond acceptors (Lipinski definition) is 6. The number of alkyl halides is 3. The molecule has 2 unspecified atom stereocenters. The van der Waals surface area contributed by atoms with E-state index >= 15 is 0 Å². The largest absolute Gasteiger partial charge is 0.416 e. The monoisotopic (exact) mass is 673 g/mol. The highest BCUT2D eigenvalue weighted by atomic mass is 35.5. The lowest BCUT2D eigenvalue weighted by Crippen LogP contribution is -2.26. The first-order valence-electron chi connectivity index (χ1n) is 16.2. The molecule has 2 aliphatic heterocycles. The quantitative estimate of drug-likeness (QED) is 0.186. The Morgan fingerprint density at radius 3 is 2.52 bits per heavy atom. The van der Waals surface area contributed by atoms with Gasteiger partial charge in [-0.3, -0.25) is 14.3 Å². The van der Waals surface area contributed by atoms with Crippen molar-refractivity contribution in [3.05, 3.63) is 117 Å². The normalized spacial score (nSPS) is 18.8. The van der Waals surface area contributed by atoms with E-state index in [1.165, 1.54) is 16.7 Å². The number of hydrogen-bond donors (Lipinski definition) is 1. The molecule has 0 radical (unpaired) electrons. The molecule has 11 heteroatoms. The van der Waals surface area contributed by atoms with E-state index in [9.17, 15) is 18.0 Å². The predicted octanol–water partition coefficient (Wildman–Crippen LogP) is 8.93. The highest BCUT2D eigenvalue weighted by Gasteiger charge is 2.33. The van der Waals surface area contributed by atoms with E-state index in [4.69, 9.17) is 21.3 Å². The highest BCUT2D eigenvalue weighted by molar-refractivity contribution is 6.30. The van der Waals surface area contributed by atoms with Crippen molar-refractivity contribution >= 4 is 34.3 Å². The van der Waals surface area contributed by atoms with Crippen LogP contribution >= 0.6 is 11.6 Å². The van der Waals surface area contributed by atoms with E-state index < -0.39 is 17.3 Å². The lowest BCUT2D eigenvalue weighted by Gasteiger charge is -2.23. The molecule has 7 nitrogen and oxygen atoms in total. The molecule has 2 fully saturated rings. The minimum atomic E-state index is -4.60. The van der Waals surface area contributed by atoms with Crippen LogP contribution in [0.4, 0.5) is 24.8 Å². The summed E-state index contributed by atoms with van der Waals surface area (Å²) in [5, 5.41) is 4.26. The Balaban J connectivity index is 1.33. The molecule has 0 amide bonds. The number of pyridine rings is 1.